The van der Waals surface area contributed by atoms with Crippen LogP contribution in [0.4, 0.5) is 24.5 Å². The summed E-state index contributed by atoms with van der Waals surface area (Å²) in [5, 5.41) is 17.4. The first-order valence-corrected chi connectivity index (χ1v) is 18.3. The van der Waals surface area contributed by atoms with Crippen molar-refractivity contribution in [3.63, 3.8) is 0 Å². The molecule has 1 amide bonds. The number of nitrogens with zero attached hydrogens (tertiary/aromatic N) is 1. The zero-order valence-electron chi connectivity index (χ0n) is 27.4. The minimum Gasteiger partial charge on any atom is -0.390 e. The van der Waals surface area contributed by atoms with Crippen LogP contribution in [0, 0.1) is 0 Å². The molecule has 4 aromatic rings. The van der Waals surface area contributed by atoms with Gasteiger partial charge in [-0.2, -0.15) is 13.2 Å². The second-order valence-corrected chi connectivity index (χ2v) is 14.5. The Kier molecular flexibility index (Phi) is 11.8. The molecule has 4 aromatic carbocycles. The lowest BCUT2D eigenvalue weighted by Gasteiger charge is -2.28. The summed E-state index contributed by atoms with van der Waals surface area (Å²) in [5.74, 6) is -0.304. The Labute approximate surface area is 286 Å². The van der Waals surface area contributed by atoms with Gasteiger partial charge in [0.15, 0.2) is 0 Å². The van der Waals surface area contributed by atoms with Gasteiger partial charge in [-0.1, -0.05) is 86.0 Å². The fourth-order valence-electron chi connectivity index (χ4n) is 6.42. The van der Waals surface area contributed by atoms with Gasteiger partial charge in [0, 0.05) is 18.7 Å². The van der Waals surface area contributed by atoms with Crippen molar-refractivity contribution in [1.29, 1.82) is 0 Å². The Hall–Kier alpha value is -4.19. The number of aliphatic hydroxyl groups is 1. The summed E-state index contributed by atoms with van der Waals surface area (Å²) in [4.78, 5) is 14.1. The van der Waals surface area contributed by atoms with Crippen LogP contribution in [-0.4, -0.2) is 44.4 Å². The van der Waals surface area contributed by atoms with Crippen molar-refractivity contribution in [2.75, 3.05) is 17.1 Å². The average molecular weight is 694 g/mol. The molecule has 1 saturated carbocycles. The van der Waals surface area contributed by atoms with E-state index in [1.807, 2.05) is 42.5 Å². The Morgan fingerprint density at radius 1 is 0.857 bits per heavy atom. The first-order chi connectivity index (χ1) is 23.4. The molecule has 1 fully saturated rings. The number of para-hydroxylation sites is 1. The zero-order valence-corrected chi connectivity index (χ0v) is 28.2. The SMILES string of the molecule is CS(=O)(=O)N(c1ccccc1)c1cc(C(=O)N[C@@H](Cc2ccccc2)[C@H](O)CNCc2cccc(C(F)(F)F)c2)cc(C2CCCCC2)c1. The fourth-order valence-corrected chi connectivity index (χ4v) is 7.41. The van der Waals surface area contributed by atoms with E-state index in [0.29, 0.717) is 16.9 Å². The van der Waals surface area contributed by atoms with E-state index in [-0.39, 0.29) is 31.0 Å². The van der Waals surface area contributed by atoms with Crippen LogP contribution in [0.2, 0.25) is 0 Å². The highest BCUT2D eigenvalue weighted by Gasteiger charge is 2.31. The van der Waals surface area contributed by atoms with Crippen molar-refractivity contribution in [1.82, 2.24) is 10.6 Å². The van der Waals surface area contributed by atoms with E-state index in [4.69, 9.17) is 0 Å². The van der Waals surface area contributed by atoms with Gasteiger partial charge in [-0.25, -0.2) is 12.7 Å². The highest BCUT2D eigenvalue weighted by atomic mass is 32.2. The first-order valence-electron chi connectivity index (χ1n) is 16.5. The van der Waals surface area contributed by atoms with E-state index in [1.54, 1.807) is 42.5 Å². The van der Waals surface area contributed by atoms with E-state index in [0.717, 1.165) is 61.6 Å². The van der Waals surface area contributed by atoms with Crippen LogP contribution in [0.5, 0.6) is 0 Å². The van der Waals surface area contributed by atoms with Gasteiger partial charge in [-0.05, 0) is 78.3 Å². The number of carbonyl (C=O) groups excluding carboxylic acids is 1. The Morgan fingerprint density at radius 2 is 1.51 bits per heavy atom. The van der Waals surface area contributed by atoms with E-state index in [9.17, 15) is 31.5 Å². The molecule has 0 heterocycles. The predicted octanol–water partition coefficient (Wildman–Crippen LogP) is 7.34. The Balaban J connectivity index is 1.42. The number of halogens is 3. The number of alkyl halides is 3. The number of hydrogen-bond donors (Lipinski definition) is 3. The molecule has 1 aliphatic carbocycles. The van der Waals surface area contributed by atoms with Crippen molar-refractivity contribution < 1.29 is 31.5 Å². The number of benzene rings is 4. The lowest BCUT2D eigenvalue weighted by atomic mass is 9.83. The summed E-state index contributed by atoms with van der Waals surface area (Å²) >= 11 is 0. The number of rotatable bonds is 13. The quantitative estimate of drug-likeness (QED) is 0.136. The van der Waals surface area contributed by atoms with Crippen LogP contribution >= 0.6 is 0 Å². The number of anilines is 2. The van der Waals surface area contributed by atoms with Gasteiger partial charge in [0.05, 0.1) is 35.3 Å². The highest BCUT2D eigenvalue weighted by Crippen LogP contribution is 2.37. The number of carbonyl (C=O) groups is 1. The molecule has 0 spiro atoms. The van der Waals surface area contributed by atoms with E-state index in [2.05, 4.69) is 10.6 Å². The highest BCUT2D eigenvalue weighted by molar-refractivity contribution is 7.92. The standard InChI is InChI=1S/C38H42F3N3O4S/c1-49(47,48)44(33-18-9-4-10-19-33)34-23-30(29-15-7-3-8-16-29)22-31(24-34)37(46)43-35(21-27-12-5-2-6-13-27)36(45)26-42-25-28-14-11-17-32(20-28)38(39,40)41/h2,4-6,9-14,17-20,22-24,29,35-36,42,45H,3,7-8,15-16,21,25-26H2,1H3,(H,43,46)/t35-,36+/m0/s1. The molecule has 49 heavy (non-hydrogen) atoms. The third-order valence-electron chi connectivity index (χ3n) is 8.85. The summed E-state index contributed by atoms with van der Waals surface area (Å²) in [5.41, 5.74) is 2.48. The van der Waals surface area contributed by atoms with Crippen LogP contribution in [0.3, 0.4) is 0 Å². The lowest BCUT2D eigenvalue weighted by Crippen LogP contribution is -2.48. The largest absolute Gasteiger partial charge is 0.416 e. The number of aliphatic hydroxyl groups excluding tert-OH is 1. The zero-order chi connectivity index (χ0) is 35.0. The van der Waals surface area contributed by atoms with E-state index < -0.39 is 39.8 Å². The van der Waals surface area contributed by atoms with Crippen molar-refractivity contribution in [2.24, 2.45) is 0 Å². The molecular formula is C38H42F3N3O4S. The average Bonchev–Trinajstić information content (AvgIpc) is 3.08. The van der Waals surface area contributed by atoms with Crippen molar-refractivity contribution in [2.45, 2.75) is 69.3 Å². The second kappa shape index (κ2) is 16.0. The molecule has 5 rings (SSSR count). The molecule has 260 valence electrons. The van der Waals surface area contributed by atoms with Gasteiger partial charge in [0.2, 0.25) is 10.0 Å². The van der Waals surface area contributed by atoms with Gasteiger partial charge in [0.25, 0.3) is 5.91 Å². The van der Waals surface area contributed by atoms with Gasteiger partial charge in [-0.15, -0.1) is 0 Å². The number of amides is 1. The maximum atomic E-state index is 14.1. The first kappa shape index (κ1) is 36.1. The van der Waals surface area contributed by atoms with Crippen molar-refractivity contribution in [3.05, 3.63) is 131 Å². The minimum absolute atomic E-state index is 0.00273. The summed E-state index contributed by atoms with van der Waals surface area (Å²) in [6.45, 7) is 0.0812. The smallest absolute Gasteiger partial charge is 0.390 e. The molecule has 0 aromatic heterocycles. The van der Waals surface area contributed by atoms with Crippen LogP contribution in [0.25, 0.3) is 0 Å². The Morgan fingerprint density at radius 3 is 2.16 bits per heavy atom. The maximum Gasteiger partial charge on any atom is 0.416 e. The molecule has 1 aliphatic rings. The second-order valence-electron chi connectivity index (χ2n) is 12.7. The van der Waals surface area contributed by atoms with Crippen LogP contribution < -0.4 is 14.9 Å². The van der Waals surface area contributed by atoms with Crippen LogP contribution in [0.15, 0.2) is 103 Å². The molecular weight excluding hydrogens is 651 g/mol. The van der Waals surface area contributed by atoms with E-state index in [1.165, 1.54) is 10.4 Å². The monoisotopic (exact) mass is 693 g/mol. The van der Waals surface area contributed by atoms with Crippen LogP contribution in [-0.2, 0) is 29.2 Å². The Bertz CT molecular complexity index is 1800. The molecule has 7 nitrogen and oxygen atoms in total. The fraction of sp³-hybridized carbons (Fsp3) is 0.342. The summed E-state index contributed by atoms with van der Waals surface area (Å²) < 4.78 is 67.2. The summed E-state index contributed by atoms with van der Waals surface area (Å²) in [6, 6.07) is 27.5. The normalized spacial score (nSPS) is 15.4. The van der Waals surface area contributed by atoms with Crippen LogP contribution in [0.1, 0.15) is 70.6 Å². The number of nitrogens with one attached hydrogen (secondary N) is 2. The third-order valence-corrected chi connectivity index (χ3v) is 9.94. The third kappa shape index (κ3) is 9.93. The lowest BCUT2D eigenvalue weighted by molar-refractivity contribution is -0.137. The molecule has 2 atom stereocenters. The van der Waals surface area contributed by atoms with Gasteiger partial charge in [0.1, 0.15) is 0 Å². The summed E-state index contributed by atoms with van der Waals surface area (Å²) in [7, 11) is -3.79. The molecule has 11 heteroatoms. The number of sulfonamides is 1. The molecule has 0 bridgehead atoms. The summed E-state index contributed by atoms with van der Waals surface area (Å²) in [6.07, 6.45) is 0.932. The van der Waals surface area contributed by atoms with Gasteiger partial charge in [-0.3, -0.25) is 4.79 Å². The topological polar surface area (TPSA) is 98.7 Å². The molecule has 3 N–H and O–H groups in total. The molecule has 0 saturated heterocycles. The van der Waals surface area contributed by atoms with Crippen molar-refractivity contribution in [3.8, 4) is 0 Å². The van der Waals surface area contributed by atoms with Gasteiger partial charge < -0.3 is 15.7 Å². The number of hydrogen-bond acceptors (Lipinski definition) is 5. The van der Waals surface area contributed by atoms with Crippen molar-refractivity contribution >= 4 is 27.3 Å². The molecule has 0 aliphatic heterocycles. The predicted molar refractivity (Wildman–Crippen MR) is 186 cm³/mol. The maximum absolute atomic E-state index is 14.1. The van der Waals surface area contributed by atoms with Gasteiger partial charge >= 0.3 is 6.18 Å². The molecule has 0 unspecified atom stereocenters. The van der Waals surface area contributed by atoms with E-state index >= 15 is 0 Å². The molecule has 0 radical (unpaired) electrons. The minimum atomic E-state index is -4.46.